The molecule has 2 fully saturated rings. The van der Waals surface area contributed by atoms with Gasteiger partial charge in [-0.2, -0.15) is 0 Å². The molecule has 0 aromatic heterocycles. The van der Waals surface area contributed by atoms with E-state index in [4.69, 9.17) is 0 Å². The van der Waals surface area contributed by atoms with Crippen molar-refractivity contribution in [2.45, 2.75) is 91.5 Å². The quantitative estimate of drug-likeness (QED) is 0.596. The third-order valence-corrected chi connectivity index (χ3v) is 7.35. The first-order valence-corrected chi connectivity index (χ1v) is 12.9. The maximum Gasteiger partial charge on any atom is 0.254 e. The molecule has 6 heteroatoms. The highest BCUT2D eigenvalue weighted by atomic mass is 19.1. The maximum atomic E-state index is 15.7. The Balaban J connectivity index is 1.80. The Morgan fingerprint density at radius 2 is 1.71 bits per heavy atom. The predicted molar refractivity (Wildman–Crippen MR) is 132 cm³/mol. The van der Waals surface area contributed by atoms with E-state index in [1.807, 2.05) is 39.5 Å². The van der Waals surface area contributed by atoms with Crippen LogP contribution in [0.1, 0.15) is 101 Å². The van der Waals surface area contributed by atoms with Crippen LogP contribution in [0.3, 0.4) is 0 Å². The SMILES string of the molecule is CC(C)C(=O)[C@H](NC(=O)c1cccc([C@@H]2CCCN(C(=O)C(C)(C)C)C2)c1F)C1CCCCC1. The molecule has 2 amide bonds. The van der Waals surface area contributed by atoms with Crippen LogP contribution in [0.5, 0.6) is 0 Å². The van der Waals surface area contributed by atoms with E-state index >= 15 is 4.39 Å². The van der Waals surface area contributed by atoms with Crippen molar-refractivity contribution in [2.75, 3.05) is 13.1 Å². The van der Waals surface area contributed by atoms with Gasteiger partial charge < -0.3 is 10.2 Å². The van der Waals surface area contributed by atoms with E-state index in [0.717, 1.165) is 44.9 Å². The summed E-state index contributed by atoms with van der Waals surface area (Å²) in [6, 6.07) is 4.34. The number of amides is 2. The van der Waals surface area contributed by atoms with Crippen molar-refractivity contribution in [3.63, 3.8) is 0 Å². The summed E-state index contributed by atoms with van der Waals surface area (Å²) in [5.41, 5.74) is -0.0307. The van der Waals surface area contributed by atoms with E-state index < -0.39 is 23.2 Å². The number of hydrogen-bond acceptors (Lipinski definition) is 3. The summed E-state index contributed by atoms with van der Waals surface area (Å²) in [4.78, 5) is 40.8. The molecule has 34 heavy (non-hydrogen) atoms. The van der Waals surface area contributed by atoms with Crippen molar-refractivity contribution < 1.29 is 18.8 Å². The van der Waals surface area contributed by atoms with E-state index in [0.29, 0.717) is 18.7 Å². The lowest BCUT2D eigenvalue weighted by atomic mass is 9.80. The Bertz CT molecular complexity index is 899. The van der Waals surface area contributed by atoms with Gasteiger partial charge in [0.1, 0.15) is 5.82 Å². The Hall–Kier alpha value is -2.24. The van der Waals surface area contributed by atoms with Crippen LogP contribution in [0.15, 0.2) is 18.2 Å². The molecule has 0 spiro atoms. The number of carbonyl (C=O) groups excluding carboxylic acids is 3. The van der Waals surface area contributed by atoms with Gasteiger partial charge in [-0.3, -0.25) is 14.4 Å². The molecule has 2 aliphatic rings. The van der Waals surface area contributed by atoms with Crippen molar-refractivity contribution in [3.8, 4) is 0 Å². The predicted octanol–water partition coefficient (Wildman–Crippen LogP) is 5.48. The van der Waals surface area contributed by atoms with E-state index in [9.17, 15) is 14.4 Å². The smallest absolute Gasteiger partial charge is 0.254 e. The second-order valence-electron chi connectivity index (χ2n) is 11.5. The summed E-state index contributed by atoms with van der Waals surface area (Å²) in [7, 11) is 0. The van der Waals surface area contributed by atoms with Crippen LogP contribution < -0.4 is 5.32 Å². The summed E-state index contributed by atoms with van der Waals surface area (Å²) in [5.74, 6) is -1.23. The van der Waals surface area contributed by atoms with Crippen molar-refractivity contribution in [1.82, 2.24) is 10.2 Å². The van der Waals surface area contributed by atoms with Gasteiger partial charge in [0.15, 0.2) is 5.78 Å². The number of nitrogens with one attached hydrogen (secondary N) is 1. The molecule has 188 valence electrons. The Morgan fingerprint density at radius 3 is 2.32 bits per heavy atom. The van der Waals surface area contributed by atoms with E-state index in [1.165, 1.54) is 6.07 Å². The van der Waals surface area contributed by atoms with Crippen LogP contribution in [0.25, 0.3) is 0 Å². The third kappa shape index (κ3) is 6.05. The topological polar surface area (TPSA) is 66.5 Å². The summed E-state index contributed by atoms with van der Waals surface area (Å²) >= 11 is 0. The molecule has 3 rings (SSSR count). The second-order valence-corrected chi connectivity index (χ2v) is 11.5. The van der Waals surface area contributed by atoms with Gasteiger partial charge >= 0.3 is 0 Å². The van der Waals surface area contributed by atoms with Crippen LogP contribution in [0.4, 0.5) is 4.39 Å². The highest BCUT2D eigenvalue weighted by Gasteiger charge is 2.35. The number of rotatable bonds is 6. The Kier molecular flexibility index (Phi) is 8.53. The summed E-state index contributed by atoms with van der Waals surface area (Å²) in [6.07, 6.45) is 6.65. The molecule has 1 aromatic rings. The van der Waals surface area contributed by atoms with E-state index in [2.05, 4.69) is 5.32 Å². The second kappa shape index (κ2) is 11.0. The standard InChI is InChI=1S/C28H41FN2O3/c1-18(2)25(32)24(19-11-7-6-8-12-19)30-26(33)22-15-9-14-21(23(22)29)20-13-10-16-31(17-20)27(34)28(3,4)5/h9,14-15,18-20,24H,6-8,10-13,16-17H2,1-5H3,(H,30,33)/t20-,24-/m1/s1. The van der Waals surface area contributed by atoms with E-state index in [-0.39, 0.29) is 35.0 Å². The largest absolute Gasteiger partial charge is 0.342 e. The highest BCUT2D eigenvalue weighted by Crippen LogP contribution is 2.33. The molecule has 0 bridgehead atoms. The van der Waals surface area contributed by atoms with Crippen molar-refractivity contribution in [2.24, 2.45) is 17.3 Å². The molecular formula is C28H41FN2O3. The minimum atomic E-state index is -0.578. The molecule has 1 aromatic carbocycles. The summed E-state index contributed by atoms with van der Waals surface area (Å²) < 4.78 is 15.7. The lowest BCUT2D eigenvalue weighted by Crippen LogP contribution is -2.48. The number of benzene rings is 1. The van der Waals surface area contributed by atoms with Crippen LogP contribution >= 0.6 is 0 Å². The molecule has 1 aliphatic carbocycles. The lowest BCUT2D eigenvalue weighted by molar-refractivity contribution is -0.140. The van der Waals surface area contributed by atoms with Gasteiger partial charge in [-0.25, -0.2) is 4.39 Å². The average molecular weight is 473 g/mol. The van der Waals surface area contributed by atoms with Crippen molar-refractivity contribution in [3.05, 3.63) is 35.1 Å². The van der Waals surface area contributed by atoms with Crippen molar-refractivity contribution >= 4 is 17.6 Å². The average Bonchev–Trinajstić information content (AvgIpc) is 2.81. The van der Waals surface area contributed by atoms with Gasteiger partial charge in [0, 0.05) is 30.3 Å². The van der Waals surface area contributed by atoms with Gasteiger partial charge in [0.2, 0.25) is 5.91 Å². The number of halogens is 1. The van der Waals surface area contributed by atoms with Crippen LogP contribution in [0.2, 0.25) is 0 Å². The van der Waals surface area contributed by atoms with E-state index in [1.54, 1.807) is 12.1 Å². The first-order valence-electron chi connectivity index (χ1n) is 12.9. The molecule has 0 unspecified atom stereocenters. The number of nitrogens with zero attached hydrogens (tertiary/aromatic N) is 1. The molecule has 1 heterocycles. The number of piperidine rings is 1. The van der Waals surface area contributed by atoms with Crippen molar-refractivity contribution in [1.29, 1.82) is 0 Å². The molecule has 1 saturated carbocycles. The normalized spacial score (nSPS) is 20.8. The zero-order valence-corrected chi connectivity index (χ0v) is 21.5. The number of Topliss-reactive ketones (excluding diaryl/α,β-unsaturated/α-hetero) is 1. The highest BCUT2D eigenvalue weighted by molar-refractivity contribution is 5.98. The zero-order chi connectivity index (χ0) is 25.0. The van der Waals surface area contributed by atoms with Crippen LogP contribution in [-0.2, 0) is 9.59 Å². The molecule has 1 N–H and O–H groups in total. The molecule has 0 radical (unpaired) electrons. The first-order chi connectivity index (χ1) is 16.0. The van der Waals surface area contributed by atoms with Gasteiger partial charge in [-0.15, -0.1) is 0 Å². The van der Waals surface area contributed by atoms with Gasteiger partial charge in [0.25, 0.3) is 5.91 Å². The molecule has 2 atom stereocenters. The minimum Gasteiger partial charge on any atom is -0.342 e. The number of hydrogen-bond donors (Lipinski definition) is 1. The fraction of sp³-hybridized carbons (Fsp3) is 0.679. The summed E-state index contributed by atoms with van der Waals surface area (Å²) in [6.45, 7) is 10.5. The first kappa shape index (κ1) is 26.4. The van der Waals surface area contributed by atoms with Gasteiger partial charge in [-0.05, 0) is 43.2 Å². The third-order valence-electron chi connectivity index (χ3n) is 7.35. The van der Waals surface area contributed by atoms with Gasteiger partial charge in [0.05, 0.1) is 11.6 Å². The fourth-order valence-electron chi connectivity index (χ4n) is 5.40. The zero-order valence-electron chi connectivity index (χ0n) is 21.5. The summed E-state index contributed by atoms with van der Waals surface area (Å²) in [5, 5.41) is 2.91. The van der Waals surface area contributed by atoms with Crippen LogP contribution in [0, 0.1) is 23.1 Å². The monoisotopic (exact) mass is 472 g/mol. The number of carbonyl (C=O) groups is 3. The number of likely N-dealkylation sites (tertiary alicyclic amines) is 1. The molecule has 1 saturated heterocycles. The lowest BCUT2D eigenvalue weighted by Gasteiger charge is -2.37. The Labute approximate surface area is 203 Å². The Morgan fingerprint density at radius 1 is 1.03 bits per heavy atom. The van der Waals surface area contributed by atoms with Gasteiger partial charge in [-0.1, -0.05) is 66.0 Å². The molecule has 5 nitrogen and oxygen atoms in total. The molecular weight excluding hydrogens is 431 g/mol. The number of ketones is 1. The fourth-order valence-corrected chi connectivity index (χ4v) is 5.40. The molecule has 1 aliphatic heterocycles. The minimum absolute atomic E-state index is 0.0143. The van der Waals surface area contributed by atoms with Crippen LogP contribution in [-0.4, -0.2) is 41.6 Å². The maximum absolute atomic E-state index is 15.7.